The average molecular weight is 454 g/mol. The van der Waals surface area contributed by atoms with E-state index in [9.17, 15) is 4.79 Å². The fourth-order valence-corrected chi connectivity index (χ4v) is 3.37. The number of nitrogens with two attached hydrogens (primary N) is 1. The molecule has 0 unspecified atom stereocenters. The minimum atomic E-state index is -0.455. The Bertz CT molecular complexity index is 1290. The molecular weight excluding hydrogens is 434 g/mol. The van der Waals surface area contributed by atoms with Gasteiger partial charge in [0.15, 0.2) is 0 Å². The van der Waals surface area contributed by atoms with Crippen LogP contribution in [0.3, 0.4) is 0 Å². The largest absolute Gasteiger partial charge is 0.495 e. The lowest BCUT2D eigenvalue weighted by molar-refractivity contribution is -0.117. The van der Waals surface area contributed by atoms with Gasteiger partial charge in [-0.3, -0.25) is 9.78 Å². The summed E-state index contributed by atoms with van der Waals surface area (Å²) in [6, 6.07) is 12.2. The Kier molecular flexibility index (Phi) is 6.00. The summed E-state index contributed by atoms with van der Waals surface area (Å²) in [5.41, 5.74) is 7.90. The maximum Gasteiger partial charge on any atom is 0.223 e. The number of ether oxygens (including phenoxy) is 3. The van der Waals surface area contributed by atoms with E-state index < -0.39 is 5.91 Å². The molecule has 1 amide bonds. The van der Waals surface area contributed by atoms with Crippen molar-refractivity contribution in [3.8, 4) is 23.0 Å². The second kappa shape index (κ2) is 9.03. The summed E-state index contributed by atoms with van der Waals surface area (Å²) < 4.78 is 16.5. The van der Waals surface area contributed by atoms with Crippen molar-refractivity contribution in [2.45, 2.75) is 6.42 Å². The van der Waals surface area contributed by atoms with Gasteiger partial charge >= 0.3 is 0 Å². The van der Waals surface area contributed by atoms with Gasteiger partial charge in [-0.25, -0.2) is 4.98 Å². The first kappa shape index (κ1) is 21.3. The lowest BCUT2D eigenvalue weighted by Crippen LogP contribution is -2.14. The summed E-state index contributed by atoms with van der Waals surface area (Å²) in [5, 5.41) is 3.62. The number of primary amides is 1. The molecule has 0 aliphatic heterocycles. The second-order valence-corrected chi connectivity index (χ2v) is 7.21. The topological polar surface area (TPSA) is 124 Å². The zero-order chi connectivity index (χ0) is 22.7. The van der Waals surface area contributed by atoms with Gasteiger partial charge in [0, 0.05) is 24.4 Å². The SMILES string of the molecule is COc1cc(OC)c(Nc2nc3ccc(Oc4ccnc(CC(N)=O)c4)cc3[nH]2)cc1Cl. The van der Waals surface area contributed by atoms with Crippen LogP contribution in [0, 0.1) is 0 Å². The fraction of sp³-hybridized carbons (Fsp3) is 0.136. The Morgan fingerprint density at radius 2 is 1.88 bits per heavy atom. The molecule has 0 atom stereocenters. The van der Waals surface area contributed by atoms with Gasteiger partial charge in [0.2, 0.25) is 11.9 Å². The smallest absolute Gasteiger partial charge is 0.223 e. The Balaban J connectivity index is 1.56. The maximum atomic E-state index is 11.1. The number of carbonyl (C=O) groups excluding carboxylic acids is 1. The van der Waals surface area contributed by atoms with Gasteiger partial charge in [-0.1, -0.05) is 11.6 Å². The monoisotopic (exact) mass is 453 g/mol. The Morgan fingerprint density at radius 1 is 1.09 bits per heavy atom. The molecule has 0 aliphatic carbocycles. The number of fused-ring (bicyclic) bond motifs is 1. The van der Waals surface area contributed by atoms with E-state index >= 15 is 0 Å². The Morgan fingerprint density at radius 3 is 2.62 bits per heavy atom. The van der Waals surface area contributed by atoms with Crippen molar-refractivity contribution in [3.63, 3.8) is 0 Å². The van der Waals surface area contributed by atoms with Gasteiger partial charge in [0.25, 0.3) is 0 Å². The number of aromatic nitrogens is 3. The highest BCUT2D eigenvalue weighted by Gasteiger charge is 2.12. The van der Waals surface area contributed by atoms with E-state index in [1.165, 1.54) is 7.11 Å². The summed E-state index contributed by atoms with van der Waals surface area (Å²) in [5.74, 6) is 2.25. The number of methoxy groups -OCH3 is 2. The van der Waals surface area contributed by atoms with Crippen molar-refractivity contribution in [2.75, 3.05) is 19.5 Å². The average Bonchev–Trinajstić information content (AvgIpc) is 3.15. The zero-order valence-electron chi connectivity index (χ0n) is 17.3. The minimum absolute atomic E-state index is 0.0463. The van der Waals surface area contributed by atoms with Crippen LogP contribution in [0.5, 0.6) is 23.0 Å². The highest BCUT2D eigenvalue weighted by atomic mass is 35.5. The molecule has 164 valence electrons. The van der Waals surface area contributed by atoms with E-state index in [0.29, 0.717) is 45.4 Å². The third-order valence-electron chi connectivity index (χ3n) is 4.56. The minimum Gasteiger partial charge on any atom is -0.495 e. The summed E-state index contributed by atoms with van der Waals surface area (Å²) >= 11 is 6.24. The number of aromatic amines is 1. The first-order chi connectivity index (χ1) is 15.4. The first-order valence-electron chi connectivity index (χ1n) is 9.54. The van der Waals surface area contributed by atoms with Crippen LogP contribution in [0.4, 0.5) is 11.6 Å². The van der Waals surface area contributed by atoms with Crippen LogP contribution in [0.2, 0.25) is 5.02 Å². The van der Waals surface area contributed by atoms with E-state index in [1.54, 1.807) is 43.6 Å². The van der Waals surface area contributed by atoms with Gasteiger partial charge in [0.1, 0.15) is 23.0 Å². The molecule has 2 aromatic carbocycles. The standard InChI is InChI=1S/C22H20ClN5O4/c1-30-19-11-20(31-2)18(10-15(19)23)28-22-26-16-4-3-13(9-17(16)27-22)32-14-5-6-25-12(7-14)8-21(24)29/h3-7,9-11H,8H2,1-2H3,(H2,24,29)(H2,26,27,28). The van der Waals surface area contributed by atoms with Gasteiger partial charge in [-0.05, 0) is 24.3 Å². The molecule has 9 nitrogen and oxygen atoms in total. The van der Waals surface area contributed by atoms with Crippen molar-refractivity contribution in [3.05, 3.63) is 59.4 Å². The Labute approximate surface area is 188 Å². The number of halogens is 1. The number of H-pyrrole nitrogens is 1. The lowest BCUT2D eigenvalue weighted by Gasteiger charge is -2.12. The highest BCUT2D eigenvalue weighted by Crippen LogP contribution is 2.37. The van der Waals surface area contributed by atoms with Gasteiger partial charge in [-0.15, -0.1) is 0 Å². The van der Waals surface area contributed by atoms with Crippen molar-refractivity contribution >= 4 is 40.2 Å². The van der Waals surface area contributed by atoms with Crippen LogP contribution in [0.25, 0.3) is 11.0 Å². The molecule has 32 heavy (non-hydrogen) atoms. The summed E-state index contributed by atoms with van der Waals surface area (Å²) in [6.45, 7) is 0. The van der Waals surface area contributed by atoms with Crippen LogP contribution in [-0.2, 0) is 11.2 Å². The molecule has 10 heteroatoms. The number of rotatable bonds is 8. The molecule has 2 aromatic heterocycles. The number of anilines is 2. The molecule has 4 rings (SSSR count). The maximum absolute atomic E-state index is 11.1. The predicted molar refractivity (Wildman–Crippen MR) is 121 cm³/mol. The number of hydrogen-bond donors (Lipinski definition) is 3. The number of amides is 1. The summed E-state index contributed by atoms with van der Waals surface area (Å²) in [6.07, 6.45) is 1.61. The van der Waals surface area contributed by atoms with E-state index in [1.807, 2.05) is 12.1 Å². The summed E-state index contributed by atoms with van der Waals surface area (Å²) in [7, 11) is 3.10. The van der Waals surface area contributed by atoms with Crippen LogP contribution >= 0.6 is 11.6 Å². The van der Waals surface area contributed by atoms with Crippen molar-refractivity contribution in [1.29, 1.82) is 0 Å². The fourth-order valence-electron chi connectivity index (χ4n) is 3.13. The molecule has 0 bridgehead atoms. The van der Waals surface area contributed by atoms with Crippen LogP contribution in [0.15, 0.2) is 48.7 Å². The number of nitrogens with one attached hydrogen (secondary N) is 2. The van der Waals surface area contributed by atoms with E-state index in [2.05, 4.69) is 20.3 Å². The van der Waals surface area contributed by atoms with Gasteiger partial charge in [0.05, 0.1) is 48.1 Å². The predicted octanol–water partition coefficient (Wildman–Crippen LogP) is 4.19. The quantitative estimate of drug-likeness (QED) is 0.365. The molecular formula is C22H20ClN5O4. The van der Waals surface area contributed by atoms with Crippen molar-refractivity contribution < 1.29 is 19.0 Å². The third-order valence-corrected chi connectivity index (χ3v) is 4.85. The molecule has 2 heterocycles. The normalized spacial score (nSPS) is 10.7. The van der Waals surface area contributed by atoms with E-state index in [0.717, 1.165) is 11.0 Å². The van der Waals surface area contributed by atoms with Gasteiger partial charge < -0.3 is 30.2 Å². The number of nitrogens with zero attached hydrogens (tertiary/aromatic N) is 2. The number of carbonyl (C=O) groups is 1. The molecule has 0 saturated carbocycles. The molecule has 0 radical (unpaired) electrons. The molecule has 4 N–H and O–H groups in total. The van der Waals surface area contributed by atoms with Crippen LogP contribution in [0.1, 0.15) is 5.69 Å². The lowest BCUT2D eigenvalue weighted by atomic mass is 10.2. The highest BCUT2D eigenvalue weighted by molar-refractivity contribution is 6.32. The molecule has 0 spiro atoms. The molecule has 0 fully saturated rings. The van der Waals surface area contributed by atoms with Gasteiger partial charge in [-0.2, -0.15) is 0 Å². The Hall–Kier alpha value is -3.98. The van der Waals surface area contributed by atoms with E-state index in [-0.39, 0.29) is 6.42 Å². The van der Waals surface area contributed by atoms with Crippen LogP contribution < -0.4 is 25.3 Å². The van der Waals surface area contributed by atoms with E-state index in [4.69, 9.17) is 31.5 Å². The first-order valence-corrected chi connectivity index (χ1v) is 9.92. The van der Waals surface area contributed by atoms with Crippen LogP contribution in [-0.4, -0.2) is 35.1 Å². The molecule has 0 saturated heterocycles. The number of hydrogen-bond acceptors (Lipinski definition) is 7. The summed E-state index contributed by atoms with van der Waals surface area (Å²) in [4.78, 5) is 23.0. The number of benzene rings is 2. The molecule has 0 aliphatic rings. The van der Waals surface area contributed by atoms with Crippen molar-refractivity contribution in [1.82, 2.24) is 15.0 Å². The number of imidazole rings is 1. The second-order valence-electron chi connectivity index (χ2n) is 6.80. The molecule has 4 aromatic rings. The number of pyridine rings is 1. The van der Waals surface area contributed by atoms with Crippen molar-refractivity contribution in [2.24, 2.45) is 5.73 Å². The zero-order valence-corrected chi connectivity index (χ0v) is 18.1. The third kappa shape index (κ3) is 4.68.